The lowest BCUT2D eigenvalue weighted by Crippen LogP contribution is -2.16. The zero-order valence-corrected chi connectivity index (χ0v) is 15.5. The summed E-state index contributed by atoms with van der Waals surface area (Å²) in [4.78, 5) is 13.3. The SMILES string of the molecule is CCS(=O)(=O)Nc1ccc(NC(=O)CCCc2cccs2)cc1C. The summed E-state index contributed by atoms with van der Waals surface area (Å²) in [6.07, 6.45) is 2.17. The van der Waals surface area contributed by atoms with Crippen molar-refractivity contribution < 1.29 is 13.2 Å². The Morgan fingerprint density at radius 3 is 2.67 bits per heavy atom. The molecule has 5 nitrogen and oxygen atoms in total. The Balaban J connectivity index is 1.88. The Labute approximate surface area is 147 Å². The third kappa shape index (κ3) is 5.65. The van der Waals surface area contributed by atoms with Gasteiger partial charge in [-0.3, -0.25) is 9.52 Å². The van der Waals surface area contributed by atoms with E-state index in [4.69, 9.17) is 0 Å². The Morgan fingerprint density at radius 1 is 1.25 bits per heavy atom. The van der Waals surface area contributed by atoms with Crippen LogP contribution in [0.4, 0.5) is 11.4 Å². The number of hydrogen-bond acceptors (Lipinski definition) is 4. The first-order chi connectivity index (χ1) is 11.4. The number of sulfonamides is 1. The molecule has 0 aliphatic rings. The summed E-state index contributed by atoms with van der Waals surface area (Å²) in [5.41, 5.74) is 1.98. The van der Waals surface area contributed by atoms with Crippen LogP contribution in [-0.2, 0) is 21.2 Å². The first-order valence-electron chi connectivity index (χ1n) is 7.83. The molecule has 1 amide bonds. The molecule has 0 saturated carbocycles. The molecule has 24 heavy (non-hydrogen) atoms. The van der Waals surface area contributed by atoms with Crippen LogP contribution in [0.25, 0.3) is 0 Å². The molecule has 0 radical (unpaired) electrons. The van der Waals surface area contributed by atoms with Gasteiger partial charge in [-0.05, 0) is 61.9 Å². The second-order valence-corrected chi connectivity index (χ2v) is 8.56. The minimum Gasteiger partial charge on any atom is -0.326 e. The smallest absolute Gasteiger partial charge is 0.232 e. The van der Waals surface area contributed by atoms with E-state index in [0.29, 0.717) is 17.8 Å². The van der Waals surface area contributed by atoms with E-state index in [2.05, 4.69) is 16.1 Å². The van der Waals surface area contributed by atoms with Gasteiger partial charge in [0.15, 0.2) is 0 Å². The van der Waals surface area contributed by atoms with Gasteiger partial charge in [0, 0.05) is 17.0 Å². The first-order valence-corrected chi connectivity index (χ1v) is 10.4. The van der Waals surface area contributed by atoms with Crippen molar-refractivity contribution in [1.82, 2.24) is 0 Å². The molecule has 0 fully saturated rings. The maximum Gasteiger partial charge on any atom is 0.232 e. The molecule has 1 aromatic carbocycles. The summed E-state index contributed by atoms with van der Waals surface area (Å²) in [6.45, 7) is 3.39. The summed E-state index contributed by atoms with van der Waals surface area (Å²) in [6, 6.07) is 9.23. The Morgan fingerprint density at radius 2 is 2.04 bits per heavy atom. The molecule has 1 aromatic heterocycles. The largest absolute Gasteiger partial charge is 0.326 e. The van der Waals surface area contributed by atoms with Crippen LogP contribution in [0.5, 0.6) is 0 Å². The number of anilines is 2. The van der Waals surface area contributed by atoms with Crippen LogP contribution in [0.3, 0.4) is 0 Å². The zero-order valence-electron chi connectivity index (χ0n) is 13.8. The average molecular weight is 367 g/mol. The zero-order chi connectivity index (χ0) is 17.6. The minimum absolute atomic E-state index is 0.0230. The van der Waals surface area contributed by atoms with E-state index >= 15 is 0 Å². The average Bonchev–Trinajstić information content (AvgIpc) is 3.03. The van der Waals surface area contributed by atoms with Gasteiger partial charge in [-0.1, -0.05) is 6.07 Å². The van der Waals surface area contributed by atoms with E-state index in [1.165, 1.54) is 4.88 Å². The Hall–Kier alpha value is -1.86. The number of aryl methyl sites for hydroxylation is 2. The van der Waals surface area contributed by atoms with Crippen LogP contribution < -0.4 is 10.0 Å². The number of nitrogens with one attached hydrogen (secondary N) is 2. The molecule has 0 aliphatic carbocycles. The van der Waals surface area contributed by atoms with E-state index in [9.17, 15) is 13.2 Å². The monoisotopic (exact) mass is 366 g/mol. The van der Waals surface area contributed by atoms with Crippen molar-refractivity contribution in [1.29, 1.82) is 0 Å². The van der Waals surface area contributed by atoms with E-state index in [1.807, 2.05) is 11.4 Å². The van der Waals surface area contributed by atoms with Crippen molar-refractivity contribution in [2.75, 3.05) is 15.8 Å². The highest BCUT2D eigenvalue weighted by atomic mass is 32.2. The molecule has 0 bridgehead atoms. The summed E-state index contributed by atoms with van der Waals surface area (Å²) >= 11 is 1.70. The molecular formula is C17H22N2O3S2. The number of hydrogen-bond donors (Lipinski definition) is 2. The van der Waals surface area contributed by atoms with Gasteiger partial charge >= 0.3 is 0 Å². The number of benzene rings is 1. The van der Waals surface area contributed by atoms with E-state index in [1.54, 1.807) is 43.4 Å². The van der Waals surface area contributed by atoms with Gasteiger partial charge in [0.2, 0.25) is 15.9 Å². The molecule has 7 heteroatoms. The second kappa shape index (κ2) is 8.30. The van der Waals surface area contributed by atoms with E-state index in [-0.39, 0.29) is 11.7 Å². The van der Waals surface area contributed by atoms with Gasteiger partial charge in [0.25, 0.3) is 0 Å². The number of amides is 1. The van der Waals surface area contributed by atoms with Gasteiger partial charge in [0.05, 0.1) is 11.4 Å². The molecule has 130 valence electrons. The van der Waals surface area contributed by atoms with Gasteiger partial charge in [0.1, 0.15) is 0 Å². The Bertz CT molecular complexity index is 784. The van der Waals surface area contributed by atoms with Gasteiger partial charge in [-0.2, -0.15) is 0 Å². The fraction of sp³-hybridized carbons (Fsp3) is 0.353. The molecule has 0 atom stereocenters. The van der Waals surface area contributed by atoms with Crippen molar-refractivity contribution in [3.8, 4) is 0 Å². The van der Waals surface area contributed by atoms with Gasteiger partial charge in [-0.25, -0.2) is 8.42 Å². The molecule has 2 N–H and O–H groups in total. The van der Waals surface area contributed by atoms with E-state index < -0.39 is 10.0 Å². The summed E-state index contributed by atoms with van der Waals surface area (Å²) in [5, 5.41) is 4.89. The quantitative estimate of drug-likeness (QED) is 0.746. The van der Waals surface area contributed by atoms with Gasteiger partial charge < -0.3 is 5.32 Å². The third-order valence-corrected chi connectivity index (χ3v) is 5.79. The fourth-order valence-electron chi connectivity index (χ4n) is 2.20. The topological polar surface area (TPSA) is 75.3 Å². The first kappa shape index (κ1) is 18.5. The highest BCUT2D eigenvalue weighted by molar-refractivity contribution is 7.92. The normalized spacial score (nSPS) is 11.2. The maximum atomic E-state index is 12.0. The van der Waals surface area contributed by atoms with Crippen LogP contribution in [0.15, 0.2) is 35.7 Å². The number of carbonyl (C=O) groups is 1. The number of rotatable bonds is 8. The second-order valence-electron chi connectivity index (χ2n) is 5.52. The molecule has 0 spiro atoms. The van der Waals surface area contributed by atoms with Crippen molar-refractivity contribution in [3.63, 3.8) is 0 Å². The molecule has 0 aliphatic heterocycles. The number of carbonyl (C=O) groups excluding carboxylic acids is 1. The predicted octanol–water partition coefficient (Wildman–Crippen LogP) is 3.78. The lowest BCUT2D eigenvalue weighted by Gasteiger charge is -2.11. The van der Waals surface area contributed by atoms with Crippen molar-refractivity contribution in [3.05, 3.63) is 46.2 Å². The van der Waals surface area contributed by atoms with E-state index in [0.717, 1.165) is 18.4 Å². The summed E-state index contributed by atoms with van der Waals surface area (Å²) in [5.74, 6) is -0.0114. The standard InChI is InChI=1S/C17H22N2O3S2/c1-3-24(21,22)19-16-10-9-14(12-13(16)2)18-17(20)8-4-6-15-7-5-11-23-15/h5,7,9-12,19H,3-4,6,8H2,1-2H3,(H,18,20). The molecule has 0 saturated heterocycles. The van der Waals surface area contributed by atoms with Crippen molar-refractivity contribution >= 4 is 38.6 Å². The third-order valence-electron chi connectivity index (χ3n) is 3.56. The summed E-state index contributed by atoms with van der Waals surface area (Å²) < 4.78 is 25.8. The Kier molecular flexibility index (Phi) is 6.39. The summed E-state index contributed by atoms with van der Waals surface area (Å²) in [7, 11) is -3.30. The minimum atomic E-state index is -3.30. The van der Waals surface area contributed by atoms with Crippen molar-refractivity contribution in [2.45, 2.75) is 33.1 Å². The maximum absolute atomic E-state index is 12.0. The van der Waals surface area contributed by atoms with Crippen molar-refractivity contribution in [2.24, 2.45) is 0 Å². The fourth-order valence-corrected chi connectivity index (χ4v) is 3.66. The number of thiophene rings is 1. The van der Waals surface area contributed by atoms with Crippen LogP contribution in [0.2, 0.25) is 0 Å². The molecule has 2 rings (SSSR count). The molecule has 2 aromatic rings. The van der Waals surface area contributed by atoms with Crippen LogP contribution >= 0.6 is 11.3 Å². The van der Waals surface area contributed by atoms with Crippen LogP contribution in [0, 0.1) is 6.92 Å². The lowest BCUT2D eigenvalue weighted by molar-refractivity contribution is -0.116. The lowest BCUT2D eigenvalue weighted by atomic mass is 10.1. The predicted molar refractivity (Wildman–Crippen MR) is 100 cm³/mol. The highest BCUT2D eigenvalue weighted by Crippen LogP contribution is 2.21. The highest BCUT2D eigenvalue weighted by Gasteiger charge is 2.10. The molecular weight excluding hydrogens is 344 g/mol. The van der Waals surface area contributed by atoms with Crippen LogP contribution in [0.1, 0.15) is 30.2 Å². The van der Waals surface area contributed by atoms with Crippen LogP contribution in [-0.4, -0.2) is 20.1 Å². The molecule has 0 unspecified atom stereocenters. The van der Waals surface area contributed by atoms with Gasteiger partial charge in [-0.15, -0.1) is 11.3 Å². The molecule has 1 heterocycles.